The molecule has 0 saturated carbocycles. The van der Waals surface area contributed by atoms with Gasteiger partial charge in [-0.05, 0) is 62.1 Å². The molecule has 0 fully saturated rings. The van der Waals surface area contributed by atoms with Gasteiger partial charge in [-0.3, -0.25) is 9.59 Å². The van der Waals surface area contributed by atoms with Gasteiger partial charge in [0.05, 0.1) is 11.4 Å². The molecule has 0 atom stereocenters. The van der Waals surface area contributed by atoms with Gasteiger partial charge in [0, 0.05) is 21.8 Å². The number of nitrogens with zero attached hydrogens (tertiary/aromatic N) is 2. The van der Waals surface area contributed by atoms with Crippen LogP contribution in [0.1, 0.15) is 69.9 Å². The number of benzene rings is 2. The van der Waals surface area contributed by atoms with Crippen LogP contribution in [0.5, 0.6) is 0 Å². The van der Waals surface area contributed by atoms with Crippen LogP contribution in [0.25, 0.3) is 0 Å². The first-order valence-electron chi connectivity index (χ1n) is 11.0. The standard InChI is InChI=1S/C25H30Br2N4O2/c1-18(20-10-14-22(26)15-11-20)28-30-24(32)8-6-4-3-5-7-9-25(33)31-29-19(2)21-12-16-23(27)17-13-21/h10-17H,3-9H2,1-2H3,(H,30,32)(H,31,33)/b28-18-,29-19-. The Labute approximate surface area is 212 Å². The summed E-state index contributed by atoms with van der Waals surface area (Å²) in [4.78, 5) is 23.9. The van der Waals surface area contributed by atoms with Gasteiger partial charge in [0.25, 0.3) is 0 Å². The molecule has 0 aliphatic carbocycles. The average molecular weight is 578 g/mol. The molecule has 0 aliphatic heterocycles. The molecule has 0 aliphatic rings. The molecule has 6 nitrogen and oxygen atoms in total. The topological polar surface area (TPSA) is 82.9 Å². The van der Waals surface area contributed by atoms with Gasteiger partial charge in [-0.1, -0.05) is 75.4 Å². The van der Waals surface area contributed by atoms with Crippen molar-refractivity contribution in [3.8, 4) is 0 Å². The first-order chi connectivity index (χ1) is 15.8. The average Bonchev–Trinajstić information content (AvgIpc) is 2.81. The van der Waals surface area contributed by atoms with Gasteiger partial charge in [0.2, 0.25) is 11.8 Å². The fourth-order valence-electron chi connectivity index (χ4n) is 3.02. The highest BCUT2D eigenvalue weighted by Gasteiger charge is 2.04. The minimum Gasteiger partial charge on any atom is -0.273 e. The lowest BCUT2D eigenvalue weighted by Gasteiger charge is -2.04. The Bertz CT molecular complexity index is 891. The van der Waals surface area contributed by atoms with E-state index in [2.05, 4.69) is 52.9 Å². The van der Waals surface area contributed by atoms with Gasteiger partial charge >= 0.3 is 0 Å². The van der Waals surface area contributed by atoms with Gasteiger partial charge in [-0.25, -0.2) is 10.9 Å². The quantitative estimate of drug-likeness (QED) is 0.176. The summed E-state index contributed by atoms with van der Waals surface area (Å²) >= 11 is 6.80. The maximum absolute atomic E-state index is 12.0. The summed E-state index contributed by atoms with van der Waals surface area (Å²) < 4.78 is 2.01. The van der Waals surface area contributed by atoms with E-state index in [1.165, 1.54) is 0 Å². The van der Waals surface area contributed by atoms with E-state index in [-0.39, 0.29) is 11.8 Å². The normalized spacial score (nSPS) is 11.9. The van der Waals surface area contributed by atoms with E-state index in [1.807, 2.05) is 62.4 Å². The fraction of sp³-hybridized carbons (Fsp3) is 0.360. The van der Waals surface area contributed by atoms with Crippen LogP contribution in [-0.4, -0.2) is 23.2 Å². The Balaban J connectivity index is 1.53. The van der Waals surface area contributed by atoms with Crippen LogP contribution in [-0.2, 0) is 9.59 Å². The minimum atomic E-state index is -0.0788. The van der Waals surface area contributed by atoms with E-state index in [9.17, 15) is 9.59 Å². The summed E-state index contributed by atoms with van der Waals surface area (Å²) in [7, 11) is 0. The molecule has 0 saturated heterocycles. The van der Waals surface area contributed by atoms with E-state index in [1.54, 1.807) is 0 Å². The molecule has 0 spiro atoms. The third kappa shape index (κ3) is 10.9. The Morgan fingerprint density at radius 1 is 0.636 bits per heavy atom. The second kappa shape index (κ2) is 14.8. The molecule has 0 bridgehead atoms. The minimum absolute atomic E-state index is 0.0788. The molecule has 8 heteroatoms. The molecule has 33 heavy (non-hydrogen) atoms. The lowest BCUT2D eigenvalue weighted by Crippen LogP contribution is -2.19. The third-order valence-electron chi connectivity index (χ3n) is 5.03. The number of unbranched alkanes of at least 4 members (excludes halogenated alkanes) is 4. The number of hydrogen-bond acceptors (Lipinski definition) is 4. The number of amides is 2. The zero-order valence-electron chi connectivity index (χ0n) is 19.0. The van der Waals surface area contributed by atoms with Gasteiger partial charge in [0.15, 0.2) is 0 Å². The SMILES string of the molecule is C/C(=N/NC(=O)CCCCCCCC(=O)N/N=C(/C)c1ccc(Br)cc1)c1ccc(Br)cc1. The van der Waals surface area contributed by atoms with Crippen molar-refractivity contribution >= 4 is 55.1 Å². The predicted molar refractivity (Wildman–Crippen MR) is 141 cm³/mol. The monoisotopic (exact) mass is 576 g/mol. The fourth-order valence-corrected chi connectivity index (χ4v) is 3.55. The van der Waals surface area contributed by atoms with E-state index >= 15 is 0 Å². The van der Waals surface area contributed by atoms with Crippen molar-refractivity contribution in [1.82, 2.24) is 10.9 Å². The van der Waals surface area contributed by atoms with Crippen LogP contribution in [0.4, 0.5) is 0 Å². The summed E-state index contributed by atoms with van der Waals surface area (Å²) in [6.45, 7) is 3.74. The summed E-state index contributed by atoms with van der Waals surface area (Å²) in [5, 5.41) is 8.34. The molecule has 2 amide bonds. The van der Waals surface area contributed by atoms with Gasteiger partial charge in [0.1, 0.15) is 0 Å². The first kappa shape index (κ1) is 26.9. The predicted octanol–water partition coefficient (Wildman–Crippen LogP) is 6.32. The molecular formula is C25H30Br2N4O2. The molecular weight excluding hydrogens is 548 g/mol. The summed E-state index contributed by atoms with van der Waals surface area (Å²) in [6, 6.07) is 15.6. The van der Waals surface area contributed by atoms with Crippen molar-refractivity contribution in [2.75, 3.05) is 0 Å². The first-order valence-corrected chi connectivity index (χ1v) is 12.6. The summed E-state index contributed by atoms with van der Waals surface area (Å²) in [5.41, 5.74) is 8.72. The second-order valence-corrected chi connectivity index (χ2v) is 9.58. The van der Waals surface area contributed by atoms with Crippen molar-refractivity contribution in [3.63, 3.8) is 0 Å². The number of rotatable bonds is 12. The van der Waals surface area contributed by atoms with Crippen LogP contribution >= 0.6 is 31.9 Å². The molecule has 2 N–H and O–H groups in total. The number of carbonyl (C=O) groups is 2. The highest BCUT2D eigenvalue weighted by Crippen LogP contribution is 2.12. The van der Waals surface area contributed by atoms with Crippen LogP contribution in [0.2, 0.25) is 0 Å². The summed E-state index contributed by atoms with van der Waals surface area (Å²) in [5.74, 6) is -0.158. The molecule has 176 valence electrons. The third-order valence-corrected chi connectivity index (χ3v) is 6.09. The van der Waals surface area contributed by atoms with Crippen molar-refractivity contribution in [2.24, 2.45) is 10.2 Å². The molecule has 2 rings (SSSR count). The van der Waals surface area contributed by atoms with Crippen LogP contribution in [0.15, 0.2) is 67.7 Å². The molecule has 0 heterocycles. The van der Waals surface area contributed by atoms with Crippen molar-refractivity contribution in [1.29, 1.82) is 0 Å². The van der Waals surface area contributed by atoms with Gasteiger partial charge in [-0.15, -0.1) is 0 Å². The molecule has 2 aromatic carbocycles. The number of nitrogens with one attached hydrogen (secondary N) is 2. The highest BCUT2D eigenvalue weighted by atomic mass is 79.9. The maximum atomic E-state index is 12.0. The van der Waals surface area contributed by atoms with E-state index in [0.717, 1.165) is 63.6 Å². The number of hydrazone groups is 2. The largest absolute Gasteiger partial charge is 0.273 e. The Hall–Kier alpha value is -2.32. The van der Waals surface area contributed by atoms with Crippen molar-refractivity contribution in [2.45, 2.75) is 58.8 Å². The second-order valence-electron chi connectivity index (χ2n) is 7.75. The number of hydrogen-bond donors (Lipinski definition) is 2. The smallest absolute Gasteiger partial charge is 0.240 e. The molecule has 0 aromatic heterocycles. The Kier molecular flexibility index (Phi) is 12.0. The van der Waals surface area contributed by atoms with Crippen LogP contribution in [0.3, 0.4) is 0 Å². The Morgan fingerprint density at radius 2 is 0.970 bits per heavy atom. The van der Waals surface area contributed by atoms with Crippen molar-refractivity contribution < 1.29 is 9.59 Å². The highest BCUT2D eigenvalue weighted by molar-refractivity contribution is 9.10. The lowest BCUT2D eigenvalue weighted by atomic mass is 10.1. The van der Waals surface area contributed by atoms with E-state index in [4.69, 9.17) is 0 Å². The number of carbonyl (C=O) groups excluding carboxylic acids is 2. The van der Waals surface area contributed by atoms with E-state index < -0.39 is 0 Å². The van der Waals surface area contributed by atoms with Crippen molar-refractivity contribution in [3.05, 3.63) is 68.6 Å². The molecule has 0 unspecified atom stereocenters. The Morgan fingerprint density at radius 3 is 1.33 bits per heavy atom. The number of halogens is 2. The maximum Gasteiger partial charge on any atom is 0.240 e. The summed E-state index contributed by atoms with van der Waals surface area (Å²) in [6.07, 6.45) is 5.39. The van der Waals surface area contributed by atoms with Gasteiger partial charge < -0.3 is 0 Å². The molecule has 2 aromatic rings. The molecule has 0 radical (unpaired) electrons. The van der Waals surface area contributed by atoms with Crippen LogP contribution < -0.4 is 10.9 Å². The lowest BCUT2D eigenvalue weighted by molar-refractivity contribution is -0.121. The van der Waals surface area contributed by atoms with Gasteiger partial charge in [-0.2, -0.15) is 10.2 Å². The zero-order valence-corrected chi connectivity index (χ0v) is 22.2. The zero-order chi connectivity index (χ0) is 24.1. The van der Waals surface area contributed by atoms with E-state index in [0.29, 0.717) is 12.8 Å². The van der Waals surface area contributed by atoms with Crippen LogP contribution in [0, 0.1) is 0 Å².